The van der Waals surface area contributed by atoms with Crippen molar-refractivity contribution in [3.05, 3.63) is 29.8 Å². The van der Waals surface area contributed by atoms with Crippen LogP contribution < -0.4 is 5.73 Å². The lowest BCUT2D eigenvalue weighted by molar-refractivity contribution is 0.145. The van der Waals surface area contributed by atoms with Crippen molar-refractivity contribution in [2.45, 2.75) is 57.5 Å². The number of rotatable bonds is 4. The maximum Gasteiger partial charge on any atom is 0.0316 e. The first-order chi connectivity index (χ1) is 8.66. The van der Waals surface area contributed by atoms with Gasteiger partial charge in [-0.2, -0.15) is 0 Å². The Kier molecular flexibility index (Phi) is 4.65. The molecule has 0 heterocycles. The molecule has 0 radical (unpaired) electrons. The molecule has 100 valence electrons. The van der Waals surface area contributed by atoms with Gasteiger partial charge in [0.15, 0.2) is 0 Å². The fourth-order valence-corrected chi connectivity index (χ4v) is 3.05. The summed E-state index contributed by atoms with van der Waals surface area (Å²) in [5, 5.41) is 0. The van der Waals surface area contributed by atoms with E-state index in [0.29, 0.717) is 6.04 Å². The van der Waals surface area contributed by atoms with E-state index < -0.39 is 0 Å². The minimum absolute atomic E-state index is 0.592. The molecule has 1 unspecified atom stereocenters. The van der Waals surface area contributed by atoms with E-state index in [-0.39, 0.29) is 0 Å². The first-order valence-electron chi connectivity index (χ1n) is 7.23. The van der Waals surface area contributed by atoms with Crippen molar-refractivity contribution in [2.75, 3.05) is 12.8 Å². The average molecular weight is 246 g/mol. The summed E-state index contributed by atoms with van der Waals surface area (Å²) >= 11 is 0. The van der Waals surface area contributed by atoms with Gasteiger partial charge in [-0.1, -0.05) is 31.4 Å². The summed E-state index contributed by atoms with van der Waals surface area (Å²) in [5.41, 5.74) is 8.07. The van der Waals surface area contributed by atoms with Crippen LogP contribution in [-0.2, 0) is 6.42 Å². The minimum Gasteiger partial charge on any atom is -0.399 e. The highest BCUT2D eigenvalue weighted by atomic mass is 15.2. The number of hydrogen-bond acceptors (Lipinski definition) is 2. The van der Waals surface area contributed by atoms with Crippen LogP contribution in [0.2, 0.25) is 0 Å². The van der Waals surface area contributed by atoms with E-state index >= 15 is 0 Å². The molecule has 0 aliphatic heterocycles. The summed E-state index contributed by atoms with van der Waals surface area (Å²) in [5.74, 6) is 0. The monoisotopic (exact) mass is 246 g/mol. The van der Waals surface area contributed by atoms with Gasteiger partial charge in [0, 0.05) is 17.8 Å². The number of benzene rings is 1. The van der Waals surface area contributed by atoms with Crippen LogP contribution in [0.4, 0.5) is 5.69 Å². The predicted molar refractivity (Wildman–Crippen MR) is 78.7 cm³/mol. The molecule has 2 rings (SSSR count). The molecule has 0 spiro atoms. The summed E-state index contributed by atoms with van der Waals surface area (Å²) in [6.45, 7) is 2.33. The molecule has 18 heavy (non-hydrogen) atoms. The zero-order chi connectivity index (χ0) is 13.0. The molecule has 2 N–H and O–H groups in total. The number of hydrogen-bond donors (Lipinski definition) is 1. The Morgan fingerprint density at radius 3 is 2.67 bits per heavy atom. The Balaban J connectivity index is 1.92. The molecular formula is C16H26N2. The molecule has 0 amide bonds. The molecule has 1 aromatic rings. The van der Waals surface area contributed by atoms with Crippen LogP contribution in [0.5, 0.6) is 0 Å². The molecule has 1 aliphatic rings. The third-order valence-corrected chi connectivity index (χ3v) is 4.33. The van der Waals surface area contributed by atoms with Crippen LogP contribution in [0.1, 0.15) is 44.6 Å². The van der Waals surface area contributed by atoms with Crippen molar-refractivity contribution >= 4 is 5.69 Å². The van der Waals surface area contributed by atoms with Crippen molar-refractivity contribution in [3.63, 3.8) is 0 Å². The van der Waals surface area contributed by atoms with Crippen molar-refractivity contribution in [1.29, 1.82) is 0 Å². The van der Waals surface area contributed by atoms with Gasteiger partial charge in [-0.05, 0) is 50.9 Å². The standard InChI is InChI=1S/C16H26N2/c1-13(11-14-7-6-8-15(17)12-14)18(2)16-9-4-3-5-10-16/h6-8,12-13,16H,3-5,9-11,17H2,1-2H3. The van der Waals surface area contributed by atoms with Gasteiger partial charge in [-0.15, -0.1) is 0 Å². The lowest BCUT2D eigenvalue weighted by atomic mass is 9.93. The molecule has 1 fully saturated rings. The molecule has 0 bridgehead atoms. The minimum atomic E-state index is 0.592. The molecule has 0 saturated heterocycles. The topological polar surface area (TPSA) is 29.3 Å². The zero-order valence-corrected chi connectivity index (χ0v) is 11.7. The van der Waals surface area contributed by atoms with Crippen molar-refractivity contribution in [3.8, 4) is 0 Å². The molecule has 2 heteroatoms. The van der Waals surface area contributed by atoms with Gasteiger partial charge in [-0.25, -0.2) is 0 Å². The summed E-state index contributed by atoms with van der Waals surface area (Å²) in [6, 6.07) is 9.67. The lowest BCUT2D eigenvalue weighted by Crippen LogP contribution is -2.40. The van der Waals surface area contributed by atoms with Crippen molar-refractivity contribution in [2.24, 2.45) is 0 Å². The Morgan fingerprint density at radius 1 is 1.28 bits per heavy atom. The lowest BCUT2D eigenvalue weighted by Gasteiger charge is -2.35. The Bertz CT molecular complexity index is 369. The quantitative estimate of drug-likeness (QED) is 0.824. The molecule has 1 saturated carbocycles. The number of likely N-dealkylation sites (N-methyl/N-ethyl adjacent to an activating group) is 1. The van der Waals surface area contributed by atoms with Gasteiger partial charge < -0.3 is 10.6 Å². The molecular weight excluding hydrogens is 220 g/mol. The Hall–Kier alpha value is -1.02. The first-order valence-corrected chi connectivity index (χ1v) is 7.23. The highest BCUT2D eigenvalue weighted by Gasteiger charge is 2.21. The van der Waals surface area contributed by atoms with E-state index in [1.807, 2.05) is 6.07 Å². The molecule has 2 nitrogen and oxygen atoms in total. The van der Waals surface area contributed by atoms with Crippen molar-refractivity contribution in [1.82, 2.24) is 4.90 Å². The third-order valence-electron chi connectivity index (χ3n) is 4.33. The zero-order valence-electron chi connectivity index (χ0n) is 11.7. The van der Waals surface area contributed by atoms with Crippen molar-refractivity contribution < 1.29 is 0 Å². The molecule has 1 aromatic carbocycles. The SMILES string of the molecule is CC(Cc1cccc(N)c1)N(C)C1CCCCC1. The van der Waals surface area contributed by atoms with Crippen LogP contribution in [0, 0.1) is 0 Å². The molecule has 0 aromatic heterocycles. The van der Waals surface area contributed by atoms with E-state index in [2.05, 4.69) is 37.1 Å². The van der Waals surface area contributed by atoms with E-state index in [9.17, 15) is 0 Å². The van der Waals surface area contributed by atoms with Crippen LogP contribution in [0.15, 0.2) is 24.3 Å². The number of nitrogens with two attached hydrogens (primary N) is 1. The van der Waals surface area contributed by atoms with Gasteiger partial charge in [0.25, 0.3) is 0 Å². The van der Waals surface area contributed by atoms with Gasteiger partial charge in [0.2, 0.25) is 0 Å². The maximum absolute atomic E-state index is 5.84. The maximum atomic E-state index is 5.84. The number of nitrogen functional groups attached to an aromatic ring is 1. The average Bonchev–Trinajstić information content (AvgIpc) is 2.39. The summed E-state index contributed by atoms with van der Waals surface area (Å²) < 4.78 is 0. The smallest absolute Gasteiger partial charge is 0.0316 e. The predicted octanol–water partition coefficient (Wildman–Crippen LogP) is 3.46. The van der Waals surface area contributed by atoms with E-state index in [1.165, 1.54) is 37.7 Å². The number of anilines is 1. The third kappa shape index (κ3) is 3.49. The van der Waals surface area contributed by atoms with Crippen LogP contribution >= 0.6 is 0 Å². The van der Waals surface area contributed by atoms with Crippen LogP contribution in [-0.4, -0.2) is 24.0 Å². The van der Waals surface area contributed by atoms with E-state index in [4.69, 9.17) is 5.73 Å². The highest BCUT2D eigenvalue weighted by Crippen LogP contribution is 2.24. The fourth-order valence-electron chi connectivity index (χ4n) is 3.05. The summed E-state index contributed by atoms with van der Waals surface area (Å²) in [7, 11) is 2.28. The molecule has 1 atom stereocenters. The van der Waals surface area contributed by atoms with Crippen LogP contribution in [0.3, 0.4) is 0 Å². The second kappa shape index (κ2) is 6.24. The van der Waals surface area contributed by atoms with Gasteiger partial charge in [-0.3, -0.25) is 0 Å². The Labute approximate surface area is 111 Å². The largest absolute Gasteiger partial charge is 0.399 e. The second-order valence-corrected chi connectivity index (χ2v) is 5.76. The second-order valence-electron chi connectivity index (χ2n) is 5.76. The molecule has 1 aliphatic carbocycles. The van der Waals surface area contributed by atoms with Gasteiger partial charge >= 0.3 is 0 Å². The van der Waals surface area contributed by atoms with Crippen LogP contribution in [0.25, 0.3) is 0 Å². The number of nitrogens with zero attached hydrogens (tertiary/aromatic N) is 1. The normalized spacial score (nSPS) is 19.1. The first kappa shape index (κ1) is 13.4. The fraction of sp³-hybridized carbons (Fsp3) is 0.625. The van der Waals surface area contributed by atoms with E-state index in [0.717, 1.165) is 18.2 Å². The van der Waals surface area contributed by atoms with E-state index in [1.54, 1.807) is 0 Å². The summed E-state index contributed by atoms with van der Waals surface area (Å²) in [4.78, 5) is 2.57. The van der Waals surface area contributed by atoms with Gasteiger partial charge in [0.05, 0.1) is 0 Å². The Morgan fingerprint density at radius 2 is 2.00 bits per heavy atom. The summed E-state index contributed by atoms with van der Waals surface area (Å²) in [6.07, 6.45) is 8.07. The highest BCUT2D eigenvalue weighted by molar-refractivity contribution is 5.40. The van der Waals surface area contributed by atoms with Gasteiger partial charge in [0.1, 0.15) is 0 Å².